The molecule has 0 bridgehead atoms. The molecule has 1 unspecified atom stereocenters. The van der Waals surface area contributed by atoms with E-state index in [1.807, 2.05) is 24.3 Å². The average Bonchev–Trinajstić information content (AvgIpc) is 2.38. The number of benzene rings is 2. The van der Waals surface area contributed by atoms with E-state index in [1.165, 1.54) is 17.7 Å². The summed E-state index contributed by atoms with van der Waals surface area (Å²) in [6.07, 6.45) is 2.10. The van der Waals surface area contributed by atoms with Crippen LogP contribution < -0.4 is 0 Å². The molecule has 0 spiro atoms. The fourth-order valence-electron chi connectivity index (χ4n) is 2.06. The molecule has 2 rings (SSSR count). The van der Waals surface area contributed by atoms with E-state index in [0.29, 0.717) is 5.56 Å². The minimum atomic E-state index is -0.608. The monoisotopic (exact) mass is 280 g/mol. The third kappa shape index (κ3) is 3.54. The first-order valence-corrected chi connectivity index (χ1v) is 6.72. The maximum Gasteiger partial charge on any atom is 0.126 e. The Morgan fingerprint density at radius 3 is 2.05 bits per heavy atom. The van der Waals surface area contributed by atoms with Gasteiger partial charge in [-0.05, 0) is 35.2 Å². The number of hydrogen-bond acceptors (Lipinski definition) is 0. The van der Waals surface area contributed by atoms with Crippen molar-refractivity contribution in [3.63, 3.8) is 0 Å². The van der Waals surface area contributed by atoms with Crippen LogP contribution in [0, 0.1) is 11.6 Å². The van der Waals surface area contributed by atoms with E-state index in [9.17, 15) is 8.78 Å². The van der Waals surface area contributed by atoms with Gasteiger partial charge in [-0.25, -0.2) is 8.78 Å². The highest BCUT2D eigenvalue weighted by molar-refractivity contribution is 6.22. The van der Waals surface area contributed by atoms with E-state index in [1.54, 1.807) is 0 Å². The van der Waals surface area contributed by atoms with Crippen LogP contribution in [0.1, 0.15) is 35.4 Å². The fourth-order valence-corrected chi connectivity index (χ4v) is 2.33. The van der Waals surface area contributed by atoms with Crippen LogP contribution in [-0.4, -0.2) is 0 Å². The average molecular weight is 281 g/mol. The van der Waals surface area contributed by atoms with Crippen molar-refractivity contribution in [2.24, 2.45) is 0 Å². The summed E-state index contributed by atoms with van der Waals surface area (Å²) in [5, 5.41) is -0.541. The van der Waals surface area contributed by atoms with Crippen molar-refractivity contribution in [2.45, 2.75) is 25.1 Å². The van der Waals surface area contributed by atoms with E-state index in [0.717, 1.165) is 24.5 Å². The summed E-state index contributed by atoms with van der Waals surface area (Å²) in [5.41, 5.74) is 2.51. The lowest BCUT2D eigenvalue weighted by molar-refractivity contribution is 0.580. The second-order valence-electron chi connectivity index (χ2n) is 4.56. The van der Waals surface area contributed by atoms with Crippen LogP contribution in [0.2, 0.25) is 0 Å². The van der Waals surface area contributed by atoms with Crippen molar-refractivity contribution in [3.8, 4) is 0 Å². The van der Waals surface area contributed by atoms with Gasteiger partial charge < -0.3 is 0 Å². The Morgan fingerprint density at radius 1 is 0.947 bits per heavy atom. The molecule has 0 heterocycles. The first kappa shape index (κ1) is 14.0. The second kappa shape index (κ2) is 6.16. The predicted molar refractivity (Wildman–Crippen MR) is 74.5 cm³/mol. The third-order valence-corrected chi connectivity index (χ3v) is 3.49. The summed E-state index contributed by atoms with van der Waals surface area (Å²) in [6, 6.07) is 11.2. The van der Waals surface area contributed by atoms with Gasteiger partial charge in [-0.2, -0.15) is 0 Å². The zero-order valence-electron chi connectivity index (χ0n) is 10.7. The van der Waals surface area contributed by atoms with E-state index < -0.39 is 17.0 Å². The normalized spacial score (nSPS) is 12.4. The molecule has 2 aromatic carbocycles. The van der Waals surface area contributed by atoms with Crippen molar-refractivity contribution in [1.29, 1.82) is 0 Å². The van der Waals surface area contributed by atoms with E-state index >= 15 is 0 Å². The van der Waals surface area contributed by atoms with Crippen LogP contribution in [0.3, 0.4) is 0 Å². The van der Waals surface area contributed by atoms with Gasteiger partial charge in [0.05, 0.1) is 5.38 Å². The lowest BCUT2D eigenvalue weighted by Crippen LogP contribution is -1.96. The highest BCUT2D eigenvalue weighted by Crippen LogP contribution is 2.30. The Balaban J connectivity index is 2.25. The SMILES string of the molecule is CCCc1ccc(C(Cl)c2cc(F)cc(F)c2)cc1. The molecule has 0 nitrogen and oxygen atoms in total. The maximum atomic E-state index is 13.2. The quantitative estimate of drug-likeness (QED) is 0.671. The van der Waals surface area contributed by atoms with Gasteiger partial charge >= 0.3 is 0 Å². The molecule has 3 heteroatoms. The molecule has 0 aliphatic carbocycles. The molecule has 0 fully saturated rings. The molecular weight excluding hydrogens is 266 g/mol. The molecule has 0 radical (unpaired) electrons. The largest absolute Gasteiger partial charge is 0.207 e. The van der Waals surface area contributed by atoms with Crippen LogP contribution in [0.15, 0.2) is 42.5 Å². The van der Waals surface area contributed by atoms with Crippen LogP contribution in [0.5, 0.6) is 0 Å². The van der Waals surface area contributed by atoms with E-state index in [4.69, 9.17) is 11.6 Å². The minimum Gasteiger partial charge on any atom is -0.207 e. The second-order valence-corrected chi connectivity index (χ2v) is 4.99. The van der Waals surface area contributed by atoms with Crippen molar-refractivity contribution >= 4 is 11.6 Å². The lowest BCUT2D eigenvalue weighted by Gasteiger charge is -2.11. The van der Waals surface area contributed by atoms with Crippen LogP contribution in [-0.2, 0) is 6.42 Å². The van der Waals surface area contributed by atoms with Gasteiger partial charge in [0.15, 0.2) is 0 Å². The Morgan fingerprint density at radius 2 is 1.53 bits per heavy atom. The first-order chi connectivity index (χ1) is 9.10. The number of alkyl halides is 1. The van der Waals surface area contributed by atoms with Gasteiger partial charge in [-0.15, -0.1) is 11.6 Å². The highest BCUT2D eigenvalue weighted by atomic mass is 35.5. The molecule has 0 amide bonds. The molecule has 19 heavy (non-hydrogen) atoms. The van der Waals surface area contributed by atoms with Gasteiger partial charge in [0.1, 0.15) is 11.6 Å². The van der Waals surface area contributed by atoms with Gasteiger partial charge in [0.2, 0.25) is 0 Å². The maximum absolute atomic E-state index is 13.2. The zero-order chi connectivity index (χ0) is 13.8. The lowest BCUT2D eigenvalue weighted by atomic mass is 10.0. The summed E-state index contributed by atoms with van der Waals surface area (Å²) in [5.74, 6) is -1.22. The molecule has 0 aliphatic rings. The molecule has 0 aliphatic heterocycles. The summed E-state index contributed by atoms with van der Waals surface area (Å²) < 4.78 is 26.3. The van der Waals surface area contributed by atoms with E-state index in [2.05, 4.69) is 6.92 Å². The Kier molecular flexibility index (Phi) is 4.54. The van der Waals surface area contributed by atoms with E-state index in [-0.39, 0.29) is 0 Å². The van der Waals surface area contributed by atoms with Crippen LogP contribution in [0.4, 0.5) is 8.78 Å². The zero-order valence-corrected chi connectivity index (χ0v) is 11.4. The number of aryl methyl sites for hydroxylation is 1. The van der Waals surface area contributed by atoms with Gasteiger partial charge in [0.25, 0.3) is 0 Å². The smallest absolute Gasteiger partial charge is 0.126 e. The van der Waals surface area contributed by atoms with Crippen molar-refractivity contribution < 1.29 is 8.78 Å². The molecular formula is C16H15ClF2. The number of rotatable bonds is 4. The Labute approximate surface area is 117 Å². The number of halogens is 3. The topological polar surface area (TPSA) is 0 Å². The van der Waals surface area contributed by atoms with Crippen molar-refractivity contribution in [2.75, 3.05) is 0 Å². The van der Waals surface area contributed by atoms with Gasteiger partial charge in [-0.3, -0.25) is 0 Å². The molecule has 0 N–H and O–H groups in total. The highest BCUT2D eigenvalue weighted by Gasteiger charge is 2.13. The Bertz CT molecular complexity index is 529. The molecule has 0 saturated heterocycles. The van der Waals surface area contributed by atoms with Gasteiger partial charge in [0, 0.05) is 6.07 Å². The fraction of sp³-hybridized carbons (Fsp3) is 0.250. The first-order valence-electron chi connectivity index (χ1n) is 6.29. The summed E-state index contributed by atoms with van der Waals surface area (Å²) in [6.45, 7) is 2.12. The molecule has 2 aromatic rings. The third-order valence-electron chi connectivity index (χ3n) is 2.99. The molecule has 1 atom stereocenters. The summed E-state index contributed by atoms with van der Waals surface area (Å²) >= 11 is 6.27. The van der Waals surface area contributed by atoms with Crippen molar-refractivity contribution in [1.82, 2.24) is 0 Å². The van der Waals surface area contributed by atoms with Crippen molar-refractivity contribution in [3.05, 3.63) is 70.8 Å². The molecule has 100 valence electrons. The minimum absolute atomic E-state index is 0.433. The Hall–Kier alpha value is -1.41. The summed E-state index contributed by atoms with van der Waals surface area (Å²) in [7, 11) is 0. The molecule has 0 aromatic heterocycles. The summed E-state index contributed by atoms with van der Waals surface area (Å²) in [4.78, 5) is 0. The van der Waals surface area contributed by atoms with Crippen LogP contribution in [0.25, 0.3) is 0 Å². The predicted octanol–water partition coefficient (Wildman–Crippen LogP) is 5.25. The van der Waals surface area contributed by atoms with Crippen LogP contribution >= 0.6 is 11.6 Å². The standard InChI is InChI=1S/C16H15ClF2/c1-2-3-11-4-6-12(7-5-11)16(17)13-8-14(18)10-15(19)9-13/h4-10,16H,2-3H2,1H3. The molecule has 0 saturated carbocycles. The number of hydrogen-bond donors (Lipinski definition) is 0. The van der Waals surface area contributed by atoms with Gasteiger partial charge in [-0.1, -0.05) is 37.6 Å².